The minimum atomic E-state index is -1.02. The van der Waals surface area contributed by atoms with Gasteiger partial charge in [-0.15, -0.1) is 0 Å². The van der Waals surface area contributed by atoms with Gasteiger partial charge < -0.3 is 14.4 Å². The van der Waals surface area contributed by atoms with Crippen LogP contribution in [0.15, 0.2) is 79.1 Å². The van der Waals surface area contributed by atoms with Gasteiger partial charge in [-0.05, 0) is 36.4 Å². The molecule has 4 nitrogen and oxygen atoms in total. The van der Waals surface area contributed by atoms with Crippen LogP contribution < -0.4 is 4.74 Å². The third-order valence-corrected chi connectivity index (χ3v) is 3.32. The topological polar surface area (TPSA) is 51.5 Å². The minimum Gasteiger partial charge on any atom is -0.478 e. The summed E-state index contributed by atoms with van der Waals surface area (Å²) in [6.07, 6.45) is 2.87. The predicted octanol–water partition coefficient (Wildman–Crippen LogP) is 3.68. The monoisotopic (exact) mass is 293 g/mol. The van der Waals surface area contributed by atoms with Gasteiger partial charge in [0.25, 0.3) is 0 Å². The van der Waals surface area contributed by atoms with Gasteiger partial charge in [0.05, 0.1) is 0 Å². The highest BCUT2D eigenvalue weighted by Crippen LogP contribution is 2.23. The second-order valence-electron chi connectivity index (χ2n) is 4.83. The lowest BCUT2D eigenvalue weighted by Gasteiger charge is -2.15. The number of aromatic nitrogens is 1. The molecular formula is C18H15NO3. The Bertz CT molecular complexity index is 734. The summed E-state index contributed by atoms with van der Waals surface area (Å²) in [5.41, 5.74) is 1.61. The number of ether oxygens (including phenoxy) is 1. The van der Waals surface area contributed by atoms with E-state index < -0.39 is 12.1 Å². The van der Waals surface area contributed by atoms with Gasteiger partial charge in [-0.3, -0.25) is 0 Å². The van der Waals surface area contributed by atoms with Crippen LogP contribution in [0.25, 0.3) is 5.69 Å². The van der Waals surface area contributed by atoms with E-state index in [1.54, 1.807) is 36.4 Å². The van der Waals surface area contributed by atoms with E-state index in [9.17, 15) is 9.90 Å². The molecule has 4 heteroatoms. The molecule has 2 aromatic carbocycles. The van der Waals surface area contributed by atoms with E-state index in [0.717, 1.165) is 5.69 Å². The maximum atomic E-state index is 11.4. The van der Waals surface area contributed by atoms with Crippen molar-refractivity contribution >= 4 is 5.97 Å². The Labute approximate surface area is 128 Å². The van der Waals surface area contributed by atoms with Gasteiger partial charge in [-0.1, -0.05) is 30.3 Å². The summed E-state index contributed by atoms with van der Waals surface area (Å²) in [4.78, 5) is 11.4. The van der Waals surface area contributed by atoms with Crippen molar-refractivity contribution < 1.29 is 14.6 Å². The Hall–Kier alpha value is -3.01. The second kappa shape index (κ2) is 6.18. The van der Waals surface area contributed by atoms with Crippen molar-refractivity contribution in [1.29, 1.82) is 0 Å². The first kappa shape index (κ1) is 13.9. The fourth-order valence-corrected chi connectivity index (χ4v) is 2.23. The van der Waals surface area contributed by atoms with Crippen molar-refractivity contribution in [2.24, 2.45) is 0 Å². The van der Waals surface area contributed by atoms with Gasteiger partial charge in [-0.25, -0.2) is 4.79 Å². The number of hydrogen-bond donors (Lipinski definition) is 1. The van der Waals surface area contributed by atoms with Crippen molar-refractivity contribution in [3.63, 3.8) is 0 Å². The summed E-state index contributed by atoms with van der Waals surface area (Å²) in [5.74, 6) is -0.493. The molecule has 1 heterocycles. The Kier molecular flexibility index (Phi) is 3.92. The lowest BCUT2D eigenvalue weighted by atomic mass is 10.1. The molecule has 1 aromatic heterocycles. The summed E-state index contributed by atoms with van der Waals surface area (Å²) < 4.78 is 7.59. The molecule has 0 aliphatic heterocycles. The first-order valence-corrected chi connectivity index (χ1v) is 6.92. The van der Waals surface area contributed by atoms with Gasteiger partial charge in [0, 0.05) is 23.6 Å². The van der Waals surface area contributed by atoms with Crippen molar-refractivity contribution in [1.82, 2.24) is 4.57 Å². The molecule has 0 amide bonds. The molecule has 1 atom stereocenters. The SMILES string of the molecule is O=C(O)C(Oc1ccc(-n2cccc2)cc1)c1ccccc1. The summed E-state index contributed by atoms with van der Waals surface area (Å²) in [7, 11) is 0. The summed E-state index contributed by atoms with van der Waals surface area (Å²) in [6, 6.07) is 20.1. The average molecular weight is 293 g/mol. The summed E-state index contributed by atoms with van der Waals surface area (Å²) in [5, 5.41) is 9.36. The maximum Gasteiger partial charge on any atom is 0.349 e. The van der Waals surface area contributed by atoms with E-state index in [-0.39, 0.29) is 0 Å². The molecule has 0 saturated heterocycles. The average Bonchev–Trinajstić information content (AvgIpc) is 3.08. The van der Waals surface area contributed by atoms with Gasteiger partial charge in [0.1, 0.15) is 5.75 Å². The van der Waals surface area contributed by atoms with E-state index in [2.05, 4.69) is 0 Å². The molecule has 0 spiro atoms. The van der Waals surface area contributed by atoms with E-state index in [1.165, 1.54) is 0 Å². The van der Waals surface area contributed by atoms with Gasteiger partial charge in [0.15, 0.2) is 0 Å². The zero-order valence-electron chi connectivity index (χ0n) is 11.8. The number of carboxylic acids is 1. The zero-order chi connectivity index (χ0) is 15.4. The van der Waals surface area contributed by atoms with Crippen LogP contribution in [0.2, 0.25) is 0 Å². The van der Waals surface area contributed by atoms with Gasteiger partial charge in [-0.2, -0.15) is 0 Å². The van der Waals surface area contributed by atoms with E-state index >= 15 is 0 Å². The van der Waals surface area contributed by atoms with Crippen LogP contribution in [0.1, 0.15) is 11.7 Å². The van der Waals surface area contributed by atoms with Crippen LogP contribution in [-0.2, 0) is 4.79 Å². The largest absolute Gasteiger partial charge is 0.478 e. The fraction of sp³-hybridized carbons (Fsp3) is 0.0556. The van der Waals surface area contributed by atoms with Crippen LogP contribution in [0, 0.1) is 0 Å². The smallest absolute Gasteiger partial charge is 0.349 e. The van der Waals surface area contributed by atoms with E-state index in [0.29, 0.717) is 11.3 Å². The van der Waals surface area contributed by atoms with Gasteiger partial charge in [0.2, 0.25) is 6.10 Å². The van der Waals surface area contributed by atoms with E-state index in [4.69, 9.17) is 4.74 Å². The third-order valence-electron chi connectivity index (χ3n) is 3.32. The molecule has 0 aliphatic rings. The van der Waals surface area contributed by atoms with Crippen LogP contribution in [0.3, 0.4) is 0 Å². The fourth-order valence-electron chi connectivity index (χ4n) is 2.23. The summed E-state index contributed by atoms with van der Waals surface area (Å²) >= 11 is 0. The normalized spacial score (nSPS) is 11.8. The molecule has 0 bridgehead atoms. The van der Waals surface area contributed by atoms with Crippen LogP contribution in [-0.4, -0.2) is 15.6 Å². The second-order valence-corrected chi connectivity index (χ2v) is 4.83. The zero-order valence-corrected chi connectivity index (χ0v) is 11.8. The van der Waals surface area contributed by atoms with Crippen LogP contribution in [0.4, 0.5) is 0 Å². The number of aliphatic carboxylic acids is 1. The molecule has 0 aliphatic carbocycles. The number of nitrogens with zero attached hydrogens (tertiary/aromatic N) is 1. The number of carboxylic acid groups (broad SMARTS) is 1. The Morgan fingerprint density at radius 2 is 1.55 bits per heavy atom. The van der Waals surface area contributed by atoms with Crippen molar-refractivity contribution in [3.8, 4) is 11.4 Å². The molecule has 110 valence electrons. The lowest BCUT2D eigenvalue weighted by molar-refractivity contribution is -0.145. The molecular weight excluding hydrogens is 278 g/mol. The highest BCUT2D eigenvalue weighted by atomic mass is 16.5. The Morgan fingerprint density at radius 1 is 0.909 bits per heavy atom. The molecule has 22 heavy (non-hydrogen) atoms. The Balaban J connectivity index is 1.80. The molecule has 3 aromatic rings. The number of rotatable bonds is 5. The quantitative estimate of drug-likeness (QED) is 0.780. The Morgan fingerprint density at radius 3 is 2.14 bits per heavy atom. The van der Waals surface area contributed by atoms with Crippen LogP contribution >= 0.6 is 0 Å². The molecule has 1 N–H and O–H groups in total. The first-order chi connectivity index (χ1) is 10.7. The third kappa shape index (κ3) is 3.01. The lowest BCUT2D eigenvalue weighted by Crippen LogP contribution is -2.18. The highest BCUT2D eigenvalue weighted by Gasteiger charge is 2.21. The molecule has 1 unspecified atom stereocenters. The molecule has 0 saturated carbocycles. The van der Waals surface area contributed by atoms with Crippen molar-refractivity contribution in [2.75, 3.05) is 0 Å². The van der Waals surface area contributed by atoms with E-state index in [1.807, 2.05) is 47.3 Å². The van der Waals surface area contributed by atoms with Crippen molar-refractivity contribution in [3.05, 3.63) is 84.7 Å². The standard InChI is InChI=1S/C18H15NO3/c20-18(21)17(14-6-2-1-3-7-14)22-16-10-8-15(9-11-16)19-12-4-5-13-19/h1-13,17H,(H,20,21). The molecule has 0 radical (unpaired) electrons. The molecule has 3 rings (SSSR count). The number of benzene rings is 2. The number of hydrogen-bond acceptors (Lipinski definition) is 2. The summed E-state index contributed by atoms with van der Waals surface area (Å²) in [6.45, 7) is 0. The minimum absolute atomic E-state index is 0.521. The predicted molar refractivity (Wildman–Crippen MR) is 83.2 cm³/mol. The highest BCUT2D eigenvalue weighted by molar-refractivity contribution is 5.74. The van der Waals surface area contributed by atoms with Crippen molar-refractivity contribution in [2.45, 2.75) is 6.10 Å². The van der Waals surface area contributed by atoms with Crippen LogP contribution in [0.5, 0.6) is 5.75 Å². The number of carbonyl (C=O) groups is 1. The maximum absolute atomic E-state index is 11.4. The van der Waals surface area contributed by atoms with Gasteiger partial charge >= 0.3 is 5.97 Å². The molecule has 0 fully saturated rings. The first-order valence-electron chi connectivity index (χ1n) is 6.92.